The molecular formula is C26H44O. The van der Waals surface area contributed by atoms with E-state index in [0.29, 0.717) is 5.41 Å². The quantitative estimate of drug-likeness (QED) is 0.388. The van der Waals surface area contributed by atoms with Crippen LogP contribution in [0, 0.1) is 40.9 Å². The van der Waals surface area contributed by atoms with E-state index in [-0.39, 0.29) is 6.10 Å². The fourth-order valence-electron chi connectivity index (χ4n) is 8.15. The fourth-order valence-corrected chi connectivity index (χ4v) is 8.15. The minimum atomic E-state index is -0.0679. The maximum Gasteiger partial charge on any atom is 0.0577 e. The van der Waals surface area contributed by atoms with Crippen molar-refractivity contribution in [3.63, 3.8) is 0 Å². The Morgan fingerprint density at radius 1 is 1.04 bits per heavy atom. The zero-order valence-corrected chi connectivity index (χ0v) is 18.3. The lowest BCUT2D eigenvalue weighted by Crippen LogP contribution is -2.47. The first-order valence-corrected chi connectivity index (χ1v) is 12.4. The van der Waals surface area contributed by atoms with E-state index in [1.165, 1.54) is 70.6 Å². The molecule has 8 atom stereocenters. The number of hydrogen-bond acceptors (Lipinski definition) is 1. The highest BCUT2D eigenvalue weighted by atomic mass is 16.3. The molecule has 0 radical (unpaired) electrons. The molecule has 27 heavy (non-hydrogen) atoms. The molecule has 3 saturated carbocycles. The molecule has 3 fully saturated rings. The summed E-state index contributed by atoms with van der Waals surface area (Å²) in [6, 6.07) is 0. The van der Waals surface area contributed by atoms with Gasteiger partial charge in [0.1, 0.15) is 0 Å². The topological polar surface area (TPSA) is 20.2 Å². The molecule has 1 nitrogen and oxygen atoms in total. The van der Waals surface area contributed by atoms with Crippen molar-refractivity contribution in [1.82, 2.24) is 0 Å². The van der Waals surface area contributed by atoms with E-state index >= 15 is 0 Å². The molecule has 0 aromatic heterocycles. The fraction of sp³-hybridized carbons (Fsp3) is 0.923. The minimum Gasteiger partial charge on any atom is -0.393 e. The van der Waals surface area contributed by atoms with Crippen LogP contribution in [0.3, 0.4) is 0 Å². The van der Waals surface area contributed by atoms with Crippen LogP contribution in [0.4, 0.5) is 0 Å². The van der Waals surface area contributed by atoms with Gasteiger partial charge in [-0.3, -0.25) is 0 Å². The van der Waals surface area contributed by atoms with Gasteiger partial charge in [-0.1, -0.05) is 64.5 Å². The van der Waals surface area contributed by atoms with E-state index in [0.717, 1.165) is 48.3 Å². The van der Waals surface area contributed by atoms with Gasteiger partial charge in [-0.05, 0) is 92.3 Å². The van der Waals surface area contributed by atoms with Gasteiger partial charge < -0.3 is 5.11 Å². The monoisotopic (exact) mass is 372 g/mol. The van der Waals surface area contributed by atoms with Crippen molar-refractivity contribution in [1.29, 1.82) is 0 Å². The first kappa shape index (κ1) is 20.0. The second kappa shape index (κ2) is 8.21. The van der Waals surface area contributed by atoms with Crippen molar-refractivity contribution in [2.24, 2.45) is 40.9 Å². The summed E-state index contributed by atoms with van der Waals surface area (Å²) >= 11 is 0. The average molecular weight is 373 g/mol. The van der Waals surface area contributed by atoms with Gasteiger partial charge in [0.15, 0.2) is 0 Å². The third-order valence-electron chi connectivity index (χ3n) is 9.70. The number of hydrogen-bond donors (Lipinski definition) is 1. The summed E-state index contributed by atoms with van der Waals surface area (Å²) in [6.07, 6.45) is 20.2. The van der Waals surface area contributed by atoms with Gasteiger partial charge in [-0.25, -0.2) is 0 Å². The second-order valence-electron chi connectivity index (χ2n) is 11.0. The van der Waals surface area contributed by atoms with E-state index in [1.54, 1.807) is 5.57 Å². The Bertz CT molecular complexity index is 536. The molecule has 0 saturated heterocycles. The molecule has 8 unspecified atom stereocenters. The highest BCUT2D eigenvalue weighted by molar-refractivity contribution is 5.24. The highest BCUT2D eigenvalue weighted by Gasteiger charge is 2.54. The number of unbranched alkanes of at least 4 members (excludes halogenated alkanes) is 3. The summed E-state index contributed by atoms with van der Waals surface area (Å²) in [7, 11) is 0. The van der Waals surface area contributed by atoms with E-state index in [1.807, 2.05) is 0 Å². The minimum absolute atomic E-state index is 0.0679. The van der Waals surface area contributed by atoms with Gasteiger partial charge >= 0.3 is 0 Å². The zero-order chi connectivity index (χ0) is 19.0. The number of fused-ring (bicyclic) bond motifs is 5. The van der Waals surface area contributed by atoms with Gasteiger partial charge in [0.25, 0.3) is 0 Å². The summed E-state index contributed by atoms with van der Waals surface area (Å²) < 4.78 is 0. The molecule has 154 valence electrons. The lowest BCUT2D eigenvalue weighted by Gasteiger charge is -2.55. The highest BCUT2D eigenvalue weighted by Crippen LogP contribution is 2.62. The van der Waals surface area contributed by atoms with E-state index in [2.05, 4.69) is 26.8 Å². The van der Waals surface area contributed by atoms with Gasteiger partial charge in [0.2, 0.25) is 0 Å². The molecular weight excluding hydrogens is 328 g/mol. The smallest absolute Gasteiger partial charge is 0.0577 e. The van der Waals surface area contributed by atoms with Crippen LogP contribution in [-0.4, -0.2) is 11.2 Å². The third-order valence-corrected chi connectivity index (χ3v) is 9.70. The van der Waals surface area contributed by atoms with Gasteiger partial charge in [0, 0.05) is 0 Å². The van der Waals surface area contributed by atoms with E-state index in [4.69, 9.17) is 0 Å². The Morgan fingerprint density at radius 3 is 2.67 bits per heavy atom. The van der Waals surface area contributed by atoms with Crippen LogP contribution in [0.1, 0.15) is 104 Å². The standard InChI is InChI=1S/C26H44O/c1-4-5-6-7-8-18(2)21-11-12-23-22(21)13-14-25-24(23)10-9-19-17-20(27)15-16-26(19,25)3/h9,18,20-25,27H,4-8,10-17H2,1-3H3. The average Bonchev–Trinajstić information content (AvgIpc) is 3.10. The molecule has 1 N–H and O–H groups in total. The van der Waals surface area contributed by atoms with Crippen LogP contribution < -0.4 is 0 Å². The number of aliphatic hydroxyl groups is 1. The normalized spacial score (nSPS) is 44.8. The predicted molar refractivity (Wildman–Crippen MR) is 115 cm³/mol. The largest absolute Gasteiger partial charge is 0.393 e. The predicted octanol–water partition coefficient (Wildman–Crippen LogP) is 7.14. The molecule has 4 aliphatic carbocycles. The van der Waals surface area contributed by atoms with Crippen LogP contribution in [0.25, 0.3) is 0 Å². The Labute approximate surface area is 168 Å². The molecule has 0 amide bonds. The lowest BCUT2D eigenvalue weighted by molar-refractivity contribution is -0.0152. The van der Waals surface area contributed by atoms with Crippen LogP contribution >= 0.6 is 0 Å². The van der Waals surface area contributed by atoms with Crippen molar-refractivity contribution >= 4 is 0 Å². The Hall–Kier alpha value is -0.300. The number of allylic oxidation sites excluding steroid dienone is 1. The molecule has 1 heteroatoms. The van der Waals surface area contributed by atoms with Crippen LogP contribution in [-0.2, 0) is 0 Å². The van der Waals surface area contributed by atoms with Crippen molar-refractivity contribution in [3.8, 4) is 0 Å². The SMILES string of the molecule is CCCCCCC(C)C1CCC2C1CCC1C2CC=C2CC(O)CCC21C. The van der Waals surface area contributed by atoms with Gasteiger partial charge in [-0.15, -0.1) is 0 Å². The molecule has 0 spiro atoms. The zero-order valence-electron chi connectivity index (χ0n) is 18.3. The Balaban J connectivity index is 1.42. The maximum atomic E-state index is 10.2. The van der Waals surface area contributed by atoms with E-state index < -0.39 is 0 Å². The summed E-state index contributed by atoms with van der Waals surface area (Å²) in [6.45, 7) is 7.46. The van der Waals surface area contributed by atoms with Crippen molar-refractivity contribution in [2.45, 2.75) is 110 Å². The molecule has 0 aromatic carbocycles. The number of rotatable bonds is 6. The second-order valence-corrected chi connectivity index (χ2v) is 11.0. The molecule has 4 aliphatic rings. The molecule has 0 bridgehead atoms. The van der Waals surface area contributed by atoms with Crippen LogP contribution in [0.2, 0.25) is 0 Å². The van der Waals surface area contributed by atoms with Crippen LogP contribution in [0.15, 0.2) is 11.6 Å². The van der Waals surface area contributed by atoms with Crippen molar-refractivity contribution in [3.05, 3.63) is 11.6 Å². The Kier molecular flexibility index (Phi) is 6.08. The summed E-state index contributed by atoms with van der Waals surface area (Å²) in [5.41, 5.74) is 2.04. The third kappa shape index (κ3) is 3.67. The van der Waals surface area contributed by atoms with Crippen molar-refractivity contribution in [2.75, 3.05) is 0 Å². The van der Waals surface area contributed by atoms with Crippen LogP contribution in [0.5, 0.6) is 0 Å². The summed E-state index contributed by atoms with van der Waals surface area (Å²) in [5.74, 6) is 5.86. The maximum absolute atomic E-state index is 10.2. The molecule has 0 heterocycles. The van der Waals surface area contributed by atoms with Gasteiger partial charge in [-0.2, -0.15) is 0 Å². The molecule has 0 aliphatic heterocycles. The summed E-state index contributed by atoms with van der Waals surface area (Å²) in [4.78, 5) is 0. The summed E-state index contributed by atoms with van der Waals surface area (Å²) in [5, 5.41) is 10.2. The Morgan fingerprint density at radius 2 is 1.85 bits per heavy atom. The van der Waals surface area contributed by atoms with Crippen molar-refractivity contribution < 1.29 is 5.11 Å². The first-order valence-electron chi connectivity index (χ1n) is 12.4. The molecule has 4 rings (SSSR count). The lowest BCUT2D eigenvalue weighted by atomic mass is 9.50. The van der Waals surface area contributed by atoms with Gasteiger partial charge in [0.05, 0.1) is 6.10 Å². The number of aliphatic hydroxyl groups excluding tert-OH is 1. The van der Waals surface area contributed by atoms with E-state index in [9.17, 15) is 5.11 Å². The first-order chi connectivity index (χ1) is 13.0. The molecule has 0 aromatic rings.